The summed E-state index contributed by atoms with van der Waals surface area (Å²) >= 11 is 0. The number of rotatable bonds is 7. The van der Waals surface area contributed by atoms with Crippen molar-refractivity contribution in [3.05, 3.63) is 23.8 Å². The van der Waals surface area contributed by atoms with Crippen LogP contribution < -0.4 is 14.8 Å². The number of halogens is 1. The lowest BCUT2D eigenvalue weighted by molar-refractivity contribution is 0.278. The zero-order valence-electron chi connectivity index (χ0n) is 13.1. The molecule has 1 rings (SSSR count). The van der Waals surface area contributed by atoms with Crippen LogP contribution in [0.5, 0.6) is 11.5 Å². The minimum atomic E-state index is -1.07. The van der Waals surface area contributed by atoms with Gasteiger partial charge in [-0.2, -0.15) is 0 Å². The molecule has 20 heavy (non-hydrogen) atoms. The first kappa shape index (κ1) is 16.8. The zero-order chi connectivity index (χ0) is 15.2. The van der Waals surface area contributed by atoms with Gasteiger partial charge in [0.15, 0.2) is 11.5 Å². The molecule has 0 amide bonds. The van der Waals surface area contributed by atoms with Crippen molar-refractivity contribution in [1.29, 1.82) is 0 Å². The van der Waals surface area contributed by atoms with Crippen molar-refractivity contribution in [2.24, 2.45) is 0 Å². The number of benzene rings is 1. The molecule has 0 aliphatic carbocycles. The van der Waals surface area contributed by atoms with Crippen molar-refractivity contribution >= 4 is 0 Å². The highest BCUT2D eigenvalue weighted by Gasteiger charge is 2.17. The fourth-order valence-corrected chi connectivity index (χ4v) is 1.78. The van der Waals surface area contributed by atoms with Crippen molar-refractivity contribution in [3.8, 4) is 11.5 Å². The fourth-order valence-electron chi connectivity index (χ4n) is 1.78. The lowest BCUT2D eigenvalue weighted by Gasteiger charge is -2.22. The lowest BCUT2D eigenvalue weighted by atomic mass is 10.1. The molecule has 114 valence electrons. The molecule has 0 aliphatic rings. The summed E-state index contributed by atoms with van der Waals surface area (Å²) in [4.78, 5) is 0. The molecule has 4 heteroatoms. The minimum Gasteiger partial charge on any atom is -0.490 e. The number of ether oxygens (including phenoxy) is 2. The molecule has 0 fully saturated rings. The van der Waals surface area contributed by atoms with E-state index < -0.39 is 6.17 Å². The van der Waals surface area contributed by atoms with Crippen LogP contribution in [-0.4, -0.2) is 25.3 Å². The molecular weight excluding hydrogens is 257 g/mol. The van der Waals surface area contributed by atoms with Crippen LogP contribution in [0.4, 0.5) is 4.39 Å². The first-order valence-electron chi connectivity index (χ1n) is 7.16. The van der Waals surface area contributed by atoms with Gasteiger partial charge in [0.1, 0.15) is 6.17 Å². The van der Waals surface area contributed by atoms with E-state index in [0.717, 1.165) is 0 Å². The average molecular weight is 283 g/mol. The maximum atomic E-state index is 14.2. The Hall–Kier alpha value is -1.29. The molecular formula is C16H26FNO2. The topological polar surface area (TPSA) is 30.5 Å². The van der Waals surface area contributed by atoms with Crippen LogP contribution >= 0.6 is 0 Å². The molecule has 1 atom stereocenters. The summed E-state index contributed by atoms with van der Waals surface area (Å²) < 4.78 is 25.2. The predicted octanol–water partition coefficient (Wildman–Crippen LogP) is 3.88. The Morgan fingerprint density at radius 3 is 2.25 bits per heavy atom. The third-order valence-electron chi connectivity index (χ3n) is 2.74. The summed E-state index contributed by atoms with van der Waals surface area (Å²) in [6.07, 6.45) is -1.07. The molecule has 0 aliphatic heterocycles. The zero-order valence-corrected chi connectivity index (χ0v) is 13.1. The van der Waals surface area contributed by atoms with Gasteiger partial charge in [-0.3, -0.25) is 0 Å². The molecule has 1 aromatic rings. The van der Waals surface area contributed by atoms with Gasteiger partial charge >= 0.3 is 0 Å². The molecule has 0 radical (unpaired) electrons. The monoisotopic (exact) mass is 283 g/mol. The highest BCUT2D eigenvalue weighted by Crippen LogP contribution is 2.31. The molecule has 0 bridgehead atoms. The summed E-state index contributed by atoms with van der Waals surface area (Å²) in [5.74, 6) is 1.26. The summed E-state index contributed by atoms with van der Waals surface area (Å²) in [6.45, 7) is 11.2. The van der Waals surface area contributed by atoms with Gasteiger partial charge in [-0.1, -0.05) is 6.07 Å². The van der Waals surface area contributed by atoms with Gasteiger partial charge in [-0.25, -0.2) is 4.39 Å². The molecule has 3 nitrogen and oxygen atoms in total. The van der Waals surface area contributed by atoms with Gasteiger partial charge in [-0.15, -0.1) is 0 Å². The molecule has 0 heterocycles. The first-order valence-corrected chi connectivity index (χ1v) is 7.16. The Morgan fingerprint density at radius 2 is 1.70 bits per heavy atom. The molecule has 0 spiro atoms. The third-order valence-corrected chi connectivity index (χ3v) is 2.74. The van der Waals surface area contributed by atoms with Gasteiger partial charge in [0.25, 0.3) is 0 Å². The fraction of sp³-hybridized carbons (Fsp3) is 0.625. The van der Waals surface area contributed by atoms with Crippen LogP contribution in [0.3, 0.4) is 0 Å². The summed E-state index contributed by atoms with van der Waals surface area (Å²) in [5, 5.41) is 3.16. The van der Waals surface area contributed by atoms with Crippen LogP contribution in [0.1, 0.15) is 46.4 Å². The maximum Gasteiger partial charge on any atom is 0.161 e. The minimum absolute atomic E-state index is 0.0989. The van der Waals surface area contributed by atoms with E-state index in [4.69, 9.17) is 9.47 Å². The Balaban J connectivity index is 2.82. The van der Waals surface area contributed by atoms with E-state index in [1.807, 2.05) is 34.6 Å². The Morgan fingerprint density at radius 1 is 1.10 bits per heavy atom. The number of alkyl halides is 1. The summed E-state index contributed by atoms with van der Waals surface area (Å²) in [6, 6.07) is 5.25. The summed E-state index contributed by atoms with van der Waals surface area (Å²) in [5.41, 5.74) is 0.506. The van der Waals surface area contributed by atoms with E-state index in [0.29, 0.717) is 30.3 Å². The van der Waals surface area contributed by atoms with Crippen molar-refractivity contribution in [2.75, 3.05) is 19.8 Å². The van der Waals surface area contributed by atoms with Gasteiger partial charge in [0.2, 0.25) is 0 Å². The van der Waals surface area contributed by atoms with Crippen LogP contribution in [0.25, 0.3) is 0 Å². The summed E-state index contributed by atoms with van der Waals surface area (Å²) in [7, 11) is 0. The molecule has 0 saturated heterocycles. The van der Waals surface area contributed by atoms with E-state index in [1.165, 1.54) is 0 Å². The largest absolute Gasteiger partial charge is 0.490 e. The normalized spacial score (nSPS) is 13.1. The molecule has 1 N–H and O–H groups in total. The Kier molecular flexibility index (Phi) is 6.27. The van der Waals surface area contributed by atoms with E-state index >= 15 is 0 Å². The van der Waals surface area contributed by atoms with E-state index in [-0.39, 0.29) is 12.1 Å². The Bertz CT molecular complexity index is 415. The predicted molar refractivity (Wildman–Crippen MR) is 80.4 cm³/mol. The van der Waals surface area contributed by atoms with Crippen LogP contribution in [-0.2, 0) is 0 Å². The standard InChI is InChI=1S/C16H26FNO2/c1-6-19-14-9-8-12(10-15(14)20-7-2)13(17)11-18-16(3,4)5/h8-10,13,18H,6-7,11H2,1-5H3. The van der Waals surface area contributed by atoms with Crippen molar-refractivity contribution < 1.29 is 13.9 Å². The Labute approximate surface area is 121 Å². The molecule has 0 aromatic heterocycles. The smallest absolute Gasteiger partial charge is 0.161 e. The second kappa shape index (κ2) is 7.48. The molecule has 1 unspecified atom stereocenters. The number of nitrogens with one attached hydrogen (secondary N) is 1. The first-order chi connectivity index (χ1) is 9.37. The van der Waals surface area contributed by atoms with Gasteiger partial charge in [0.05, 0.1) is 13.2 Å². The lowest BCUT2D eigenvalue weighted by Crippen LogP contribution is -2.37. The SMILES string of the molecule is CCOc1ccc(C(F)CNC(C)(C)C)cc1OCC. The van der Waals surface area contributed by atoms with Crippen LogP contribution in [0.15, 0.2) is 18.2 Å². The van der Waals surface area contributed by atoms with Crippen LogP contribution in [0.2, 0.25) is 0 Å². The van der Waals surface area contributed by atoms with E-state index in [2.05, 4.69) is 5.32 Å². The average Bonchev–Trinajstić information content (AvgIpc) is 2.37. The van der Waals surface area contributed by atoms with Crippen LogP contribution in [0, 0.1) is 0 Å². The molecule has 0 saturated carbocycles. The number of hydrogen-bond donors (Lipinski definition) is 1. The van der Waals surface area contributed by atoms with E-state index in [1.54, 1.807) is 18.2 Å². The second-order valence-corrected chi connectivity index (χ2v) is 5.67. The van der Waals surface area contributed by atoms with Crippen molar-refractivity contribution in [2.45, 2.75) is 46.3 Å². The van der Waals surface area contributed by atoms with Gasteiger partial charge < -0.3 is 14.8 Å². The van der Waals surface area contributed by atoms with Crippen molar-refractivity contribution in [3.63, 3.8) is 0 Å². The third kappa shape index (κ3) is 5.37. The quantitative estimate of drug-likeness (QED) is 0.823. The number of hydrogen-bond acceptors (Lipinski definition) is 3. The maximum absolute atomic E-state index is 14.2. The highest BCUT2D eigenvalue weighted by molar-refractivity contribution is 5.43. The molecule has 1 aromatic carbocycles. The van der Waals surface area contributed by atoms with Gasteiger partial charge in [0, 0.05) is 12.1 Å². The second-order valence-electron chi connectivity index (χ2n) is 5.67. The van der Waals surface area contributed by atoms with Crippen molar-refractivity contribution in [1.82, 2.24) is 5.32 Å². The van der Waals surface area contributed by atoms with E-state index in [9.17, 15) is 4.39 Å². The highest BCUT2D eigenvalue weighted by atomic mass is 19.1. The van der Waals surface area contributed by atoms with Gasteiger partial charge in [-0.05, 0) is 52.3 Å².